The first-order chi connectivity index (χ1) is 5.49. The lowest BCUT2D eigenvalue weighted by molar-refractivity contribution is -0.141. The van der Waals surface area contributed by atoms with E-state index in [4.69, 9.17) is 15.9 Å². The summed E-state index contributed by atoms with van der Waals surface area (Å²) in [6, 6.07) is -1.42. The van der Waals surface area contributed by atoms with E-state index in [0.717, 1.165) is 6.08 Å². The van der Waals surface area contributed by atoms with Gasteiger partial charge in [-0.25, -0.2) is 0 Å². The molecule has 0 fully saturated rings. The van der Waals surface area contributed by atoms with E-state index in [1.54, 1.807) is 0 Å². The molecule has 0 heterocycles. The van der Waals surface area contributed by atoms with Crippen LogP contribution in [0.5, 0.6) is 0 Å². The van der Waals surface area contributed by atoms with Gasteiger partial charge < -0.3 is 15.9 Å². The molecule has 12 heavy (non-hydrogen) atoms. The number of hydrogen-bond acceptors (Lipinski definition) is 4. The van der Waals surface area contributed by atoms with Gasteiger partial charge in [-0.05, 0) is 6.08 Å². The van der Waals surface area contributed by atoms with Crippen molar-refractivity contribution in [3.8, 4) is 0 Å². The quantitative estimate of drug-likeness (QED) is 0.458. The Bertz CT molecular complexity index is 202. The summed E-state index contributed by atoms with van der Waals surface area (Å²) in [6.45, 7) is 3.17. The van der Waals surface area contributed by atoms with Crippen LogP contribution in [0.15, 0.2) is 12.7 Å². The summed E-state index contributed by atoms with van der Waals surface area (Å²) in [4.78, 5) is 20.8. The zero-order valence-electron chi connectivity index (χ0n) is 6.43. The fourth-order valence-electron chi connectivity index (χ4n) is 0.581. The van der Waals surface area contributed by atoms with Crippen molar-refractivity contribution in [1.82, 2.24) is 0 Å². The van der Waals surface area contributed by atoms with E-state index >= 15 is 0 Å². The molecular formula is C7H11NO4. The van der Waals surface area contributed by atoms with Crippen LogP contribution in [-0.2, 0) is 9.59 Å². The van der Waals surface area contributed by atoms with Gasteiger partial charge >= 0.3 is 5.97 Å². The average Bonchev–Trinajstić information content (AvgIpc) is 2.02. The standard InChI is InChI=1S/C7H11NO4/c1-2-4(9)3-5(10)6(8)7(11)12/h2,5-6,10H,1,3,8H2,(H,11,12)/t5-,6+/m1/s1. The first kappa shape index (κ1) is 10.8. The Hall–Kier alpha value is -1.20. The molecule has 0 rings (SSSR count). The molecule has 5 nitrogen and oxygen atoms in total. The Labute approximate surface area is 69.5 Å². The third-order valence-electron chi connectivity index (χ3n) is 1.34. The number of rotatable bonds is 5. The van der Waals surface area contributed by atoms with Crippen molar-refractivity contribution < 1.29 is 19.8 Å². The Balaban J connectivity index is 4.03. The monoisotopic (exact) mass is 173 g/mol. The SMILES string of the molecule is C=CC(=O)C[C@@H](O)[C@H](N)C(=O)O. The van der Waals surface area contributed by atoms with Gasteiger partial charge in [-0.3, -0.25) is 9.59 Å². The van der Waals surface area contributed by atoms with E-state index in [1.807, 2.05) is 0 Å². The van der Waals surface area contributed by atoms with E-state index in [0.29, 0.717) is 0 Å². The predicted molar refractivity (Wildman–Crippen MR) is 41.4 cm³/mol. The summed E-state index contributed by atoms with van der Waals surface area (Å²) < 4.78 is 0. The minimum Gasteiger partial charge on any atom is -0.480 e. The molecular weight excluding hydrogens is 162 g/mol. The number of aliphatic carboxylic acids is 1. The normalized spacial score (nSPS) is 14.8. The highest BCUT2D eigenvalue weighted by molar-refractivity contribution is 5.90. The molecule has 0 aliphatic rings. The van der Waals surface area contributed by atoms with E-state index in [1.165, 1.54) is 0 Å². The van der Waals surface area contributed by atoms with Gasteiger partial charge in [-0.1, -0.05) is 6.58 Å². The summed E-state index contributed by atoms with van der Waals surface area (Å²) >= 11 is 0. The van der Waals surface area contributed by atoms with Crippen molar-refractivity contribution >= 4 is 11.8 Å². The highest BCUT2D eigenvalue weighted by Crippen LogP contribution is 1.98. The van der Waals surface area contributed by atoms with Crippen molar-refractivity contribution in [3.05, 3.63) is 12.7 Å². The molecule has 2 atom stereocenters. The smallest absolute Gasteiger partial charge is 0.323 e. The third-order valence-corrected chi connectivity index (χ3v) is 1.34. The number of carboxylic acids is 1. The minimum atomic E-state index is -1.42. The first-order valence-corrected chi connectivity index (χ1v) is 3.30. The second kappa shape index (κ2) is 4.63. The largest absolute Gasteiger partial charge is 0.480 e. The summed E-state index contributed by atoms with van der Waals surface area (Å²) in [6.07, 6.45) is -0.651. The van der Waals surface area contributed by atoms with Crippen LogP contribution in [0.2, 0.25) is 0 Å². The van der Waals surface area contributed by atoms with Crippen LogP contribution >= 0.6 is 0 Å². The van der Waals surface area contributed by atoms with Gasteiger partial charge in [-0.2, -0.15) is 0 Å². The van der Waals surface area contributed by atoms with Crippen molar-refractivity contribution in [1.29, 1.82) is 0 Å². The Morgan fingerprint density at radius 1 is 1.58 bits per heavy atom. The van der Waals surface area contributed by atoms with Gasteiger partial charge in [0.1, 0.15) is 6.04 Å². The number of carbonyl (C=O) groups is 2. The zero-order valence-corrected chi connectivity index (χ0v) is 6.43. The van der Waals surface area contributed by atoms with Gasteiger partial charge in [0, 0.05) is 6.42 Å². The fraction of sp³-hybridized carbons (Fsp3) is 0.429. The van der Waals surface area contributed by atoms with E-state index in [2.05, 4.69) is 6.58 Å². The highest BCUT2D eigenvalue weighted by Gasteiger charge is 2.23. The molecule has 0 saturated heterocycles. The number of aliphatic hydroxyl groups is 1. The van der Waals surface area contributed by atoms with Crippen LogP contribution in [0.4, 0.5) is 0 Å². The maximum absolute atomic E-state index is 10.6. The lowest BCUT2D eigenvalue weighted by atomic mass is 10.1. The number of carbonyl (C=O) groups excluding carboxylic acids is 1. The minimum absolute atomic E-state index is 0.309. The van der Waals surface area contributed by atoms with Crippen LogP contribution < -0.4 is 5.73 Å². The van der Waals surface area contributed by atoms with Crippen molar-refractivity contribution in [2.45, 2.75) is 18.6 Å². The molecule has 0 unspecified atom stereocenters. The molecule has 0 amide bonds. The molecule has 0 saturated carbocycles. The Morgan fingerprint density at radius 2 is 2.08 bits per heavy atom. The molecule has 0 spiro atoms. The van der Waals surface area contributed by atoms with Gasteiger partial charge in [0.05, 0.1) is 6.10 Å². The second-order valence-electron chi connectivity index (χ2n) is 2.31. The molecule has 4 N–H and O–H groups in total. The number of aliphatic hydroxyl groups excluding tert-OH is 1. The Kier molecular flexibility index (Phi) is 4.17. The first-order valence-electron chi connectivity index (χ1n) is 3.30. The molecule has 0 radical (unpaired) electrons. The van der Waals surface area contributed by atoms with Crippen LogP contribution in [-0.4, -0.2) is 34.1 Å². The Morgan fingerprint density at radius 3 is 2.42 bits per heavy atom. The molecule has 0 aromatic heterocycles. The molecule has 0 aromatic rings. The number of allylic oxidation sites excluding steroid dienone is 1. The molecule has 0 aliphatic heterocycles. The molecule has 0 aliphatic carbocycles. The number of nitrogens with two attached hydrogens (primary N) is 1. The van der Waals surface area contributed by atoms with Gasteiger partial charge in [0.2, 0.25) is 0 Å². The third kappa shape index (κ3) is 3.27. The lowest BCUT2D eigenvalue weighted by Gasteiger charge is -2.12. The zero-order chi connectivity index (χ0) is 9.72. The van der Waals surface area contributed by atoms with Crippen molar-refractivity contribution in [2.75, 3.05) is 0 Å². The summed E-state index contributed by atoms with van der Waals surface area (Å²) in [5, 5.41) is 17.3. The molecule has 68 valence electrons. The summed E-state index contributed by atoms with van der Waals surface area (Å²) in [5.74, 6) is -1.77. The predicted octanol–water partition coefficient (Wildman–Crippen LogP) is -1.10. The molecule has 0 aromatic carbocycles. The van der Waals surface area contributed by atoms with Crippen molar-refractivity contribution in [2.24, 2.45) is 5.73 Å². The topological polar surface area (TPSA) is 101 Å². The average molecular weight is 173 g/mol. The van der Waals surface area contributed by atoms with Crippen LogP contribution in [0.1, 0.15) is 6.42 Å². The maximum Gasteiger partial charge on any atom is 0.323 e. The van der Waals surface area contributed by atoms with E-state index in [-0.39, 0.29) is 6.42 Å². The molecule has 0 bridgehead atoms. The van der Waals surface area contributed by atoms with Gasteiger partial charge in [0.25, 0.3) is 0 Å². The lowest BCUT2D eigenvalue weighted by Crippen LogP contribution is -2.42. The fourth-order valence-corrected chi connectivity index (χ4v) is 0.581. The molecule has 5 heteroatoms. The maximum atomic E-state index is 10.6. The van der Waals surface area contributed by atoms with Crippen LogP contribution in [0, 0.1) is 0 Å². The van der Waals surface area contributed by atoms with E-state index < -0.39 is 23.9 Å². The van der Waals surface area contributed by atoms with Crippen molar-refractivity contribution in [3.63, 3.8) is 0 Å². The second-order valence-corrected chi connectivity index (χ2v) is 2.31. The van der Waals surface area contributed by atoms with Gasteiger partial charge in [-0.15, -0.1) is 0 Å². The van der Waals surface area contributed by atoms with Gasteiger partial charge in [0.15, 0.2) is 5.78 Å². The number of carboxylic acid groups (broad SMARTS) is 1. The van der Waals surface area contributed by atoms with Crippen LogP contribution in [0.3, 0.4) is 0 Å². The summed E-state index contributed by atoms with van der Waals surface area (Å²) in [5.41, 5.74) is 5.03. The van der Waals surface area contributed by atoms with Crippen LogP contribution in [0.25, 0.3) is 0 Å². The number of ketones is 1. The summed E-state index contributed by atoms with van der Waals surface area (Å²) in [7, 11) is 0. The highest BCUT2D eigenvalue weighted by atomic mass is 16.4. The van der Waals surface area contributed by atoms with E-state index in [9.17, 15) is 9.59 Å². The number of hydrogen-bond donors (Lipinski definition) is 3.